The summed E-state index contributed by atoms with van der Waals surface area (Å²) >= 11 is 8.84. The van der Waals surface area contributed by atoms with Crippen molar-refractivity contribution in [3.8, 4) is 0 Å². The fourth-order valence-corrected chi connectivity index (χ4v) is 1.47. The first-order valence-electron chi connectivity index (χ1n) is 3.00. The Hall–Kier alpha value is -0.680. The van der Waals surface area contributed by atoms with E-state index < -0.39 is 4.92 Å². The number of alkyl halides is 1. The lowest BCUT2D eigenvalue weighted by atomic mass is 10.3. The lowest BCUT2D eigenvalue weighted by molar-refractivity contribution is -0.389. The van der Waals surface area contributed by atoms with Crippen molar-refractivity contribution < 1.29 is 4.92 Å². The third kappa shape index (κ3) is 1.92. The van der Waals surface area contributed by atoms with E-state index in [-0.39, 0.29) is 5.82 Å². The maximum atomic E-state index is 10.3. The standard InChI is InChI=1S/C6H4BrClN2O2/c7-2-4-1-6(10(11)12)9-3-5(4)8/h1,3H,2H2. The van der Waals surface area contributed by atoms with E-state index in [0.29, 0.717) is 15.9 Å². The molecule has 0 aliphatic heterocycles. The Bertz CT molecular complexity index is 318. The van der Waals surface area contributed by atoms with Crippen LogP contribution in [0, 0.1) is 10.1 Å². The second kappa shape index (κ2) is 3.82. The lowest BCUT2D eigenvalue weighted by Crippen LogP contribution is -1.93. The minimum Gasteiger partial charge on any atom is -0.358 e. The summed E-state index contributed by atoms with van der Waals surface area (Å²) in [5.74, 6) is -0.186. The molecular formula is C6H4BrClN2O2. The minimum atomic E-state index is -0.553. The SMILES string of the molecule is O=[N+]([O-])c1cc(CBr)c(Cl)cn1. The molecule has 1 heterocycles. The van der Waals surface area contributed by atoms with Crippen LogP contribution in [0.3, 0.4) is 0 Å². The van der Waals surface area contributed by atoms with Gasteiger partial charge in [-0.05, 0) is 15.5 Å². The van der Waals surface area contributed by atoms with Crippen molar-refractivity contribution in [2.45, 2.75) is 5.33 Å². The third-order valence-corrected chi connectivity index (χ3v) is 2.20. The average molecular weight is 251 g/mol. The summed E-state index contributed by atoms with van der Waals surface area (Å²) in [7, 11) is 0. The molecule has 64 valence electrons. The zero-order valence-corrected chi connectivity index (χ0v) is 8.17. The molecule has 1 rings (SSSR count). The molecule has 0 amide bonds. The van der Waals surface area contributed by atoms with Crippen LogP contribution in [0.2, 0.25) is 5.02 Å². The second-order valence-electron chi connectivity index (χ2n) is 2.02. The van der Waals surface area contributed by atoms with Crippen LogP contribution in [-0.2, 0) is 5.33 Å². The molecule has 0 saturated carbocycles. The summed E-state index contributed by atoms with van der Waals surface area (Å²) < 4.78 is 0. The number of aromatic nitrogens is 1. The topological polar surface area (TPSA) is 56.0 Å². The van der Waals surface area contributed by atoms with Crippen molar-refractivity contribution in [3.05, 3.63) is 33.0 Å². The molecule has 0 atom stereocenters. The number of hydrogen-bond donors (Lipinski definition) is 0. The van der Waals surface area contributed by atoms with Gasteiger partial charge in [-0.15, -0.1) is 0 Å². The smallest absolute Gasteiger partial charge is 0.358 e. The van der Waals surface area contributed by atoms with Crippen LogP contribution >= 0.6 is 27.5 Å². The highest BCUT2D eigenvalue weighted by atomic mass is 79.9. The Morgan fingerprint density at radius 2 is 2.42 bits per heavy atom. The van der Waals surface area contributed by atoms with E-state index in [0.717, 1.165) is 0 Å². The van der Waals surface area contributed by atoms with E-state index >= 15 is 0 Å². The maximum Gasteiger partial charge on any atom is 0.363 e. The van der Waals surface area contributed by atoms with Gasteiger partial charge in [-0.25, -0.2) is 0 Å². The summed E-state index contributed by atoms with van der Waals surface area (Å²) in [5.41, 5.74) is 0.665. The molecule has 0 radical (unpaired) electrons. The predicted molar refractivity (Wildman–Crippen MR) is 48.5 cm³/mol. The maximum absolute atomic E-state index is 10.3. The molecule has 0 aliphatic rings. The van der Waals surface area contributed by atoms with Crippen LogP contribution in [-0.4, -0.2) is 9.91 Å². The number of pyridine rings is 1. The van der Waals surface area contributed by atoms with Crippen molar-refractivity contribution in [3.63, 3.8) is 0 Å². The first-order chi connectivity index (χ1) is 5.65. The Morgan fingerprint density at radius 3 is 2.92 bits per heavy atom. The summed E-state index contributed by atoms with van der Waals surface area (Å²) in [4.78, 5) is 13.2. The molecule has 0 bridgehead atoms. The van der Waals surface area contributed by atoms with Gasteiger partial charge in [-0.1, -0.05) is 27.5 Å². The molecule has 0 aromatic carbocycles. The molecule has 0 aliphatic carbocycles. The van der Waals surface area contributed by atoms with Gasteiger partial charge in [0, 0.05) is 11.4 Å². The monoisotopic (exact) mass is 250 g/mol. The molecule has 1 aromatic heterocycles. The first-order valence-corrected chi connectivity index (χ1v) is 4.50. The average Bonchev–Trinajstić information content (AvgIpc) is 2.05. The van der Waals surface area contributed by atoms with E-state index in [1.165, 1.54) is 12.3 Å². The fourth-order valence-electron chi connectivity index (χ4n) is 0.670. The van der Waals surface area contributed by atoms with Gasteiger partial charge in [0.2, 0.25) is 0 Å². The second-order valence-corrected chi connectivity index (χ2v) is 2.99. The predicted octanol–water partition coefficient (Wildman–Crippen LogP) is 2.54. The molecule has 1 aromatic rings. The highest BCUT2D eigenvalue weighted by Gasteiger charge is 2.10. The molecule has 6 heteroatoms. The van der Waals surface area contributed by atoms with Gasteiger partial charge in [0.05, 0.1) is 5.02 Å². The molecule has 0 fully saturated rings. The molecule has 0 N–H and O–H groups in total. The van der Waals surface area contributed by atoms with Crippen molar-refractivity contribution >= 4 is 33.3 Å². The van der Waals surface area contributed by atoms with Gasteiger partial charge in [-0.2, -0.15) is 0 Å². The normalized spacial score (nSPS) is 9.83. The van der Waals surface area contributed by atoms with Crippen molar-refractivity contribution in [1.29, 1.82) is 0 Å². The van der Waals surface area contributed by atoms with Crippen LogP contribution in [0.25, 0.3) is 0 Å². The molecule has 0 unspecified atom stereocenters. The van der Waals surface area contributed by atoms with Gasteiger partial charge >= 0.3 is 5.82 Å². The third-order valence-electron chi connectivity index (χ3n) is 1.25. The van der Waals surface area contributed by atoms with E-state index in [9.17, 15) is 10.1 Å². The van der Waals surface area contributed by atoms with Crippen LogP contribution in [0.1, 0.15) is 5.56 Å². The van der Waals surface area contributed by atoms with Crippen LogP contribution in [0.5, 0.6) is 0 Å². The number of nitro groups is 1. The van der Waals surface area contributed by atoms with E-state index in [1.807, 2.05) is 0 Å². The van der Waals surface area contributed by atoms with Crippen molar-refractivity contribution in [2.75, 3.05) is 0 Å². The number of rotatable bonds is 2. The zero-order chi connectivity index (χ0) is 9.14. The van der Waals surface area contributed by atoms with Gasteiger partial charge < -0.3 is 10.1 Å². The first kappa shape index (κ1) is 9.41. The van der Waals surface area contributed by atoms with E-state index in [1.54, 1.807) is 0 Å². The van der Waals surface area contributed by atoms with Crippen LogP contribution in [0.15, 0.2) is 12.3 Å². The van der Waals surface area contributed by atoms with Crippen molar-refractivity contribution in [1.82, 2.24) is 4.98 Å². The Morgan fingerprint density at radius 1 is 1.75 bits per heavy atom. The van der Waals surface area contributed by atoms with Crippen molar-refractivity contribution in [2.24, 2.45) is 0 Å². The molecule has 12 heavy (non-hydrogen) atoms. The minimum absolute atomic E-state index is 0.186. The Kier molecular flexibility index (Phi) is 2.99. The highest BCUT2D eigenvalue weighted by Crippen LogP contribution is 2.21. The van der Waals surface area contributed by atoms with Crippen LogP contribution in [0.4, 0.5) is 5.82 Å². The van der Waals surface area contributed by atoms with E-state index in [2.05, 4.69) is 20.9 Å². The number of nitrogens with zero attached hydrogens (tertiary/aromatic N) is 2. The van der Waals surface area contributed by atoms with Gasteiger partial charge in [-0.3, -0.25) is 0 Å². The lowest BCUT2D eigenvalue weighted by Gasteiger charge is -1.96. The highest BCUT2D eigenvalue weighted by molar-refractivity contribution is 9.08. The quantitative estimate of drug-likeness (QED) is 0.461. The van der Waals surface area contributed by atoms with Gasteiger partial charge in [0.1, 0.15) is 0 Å². The number of hydrogen-bond acceptors (Lipinski definition) is 3. The fraction of sp³-hybridized carbons (Fsp3) is 0.167. The number of halogens is 2. The van der Waals surface area contributed by atoms with E-state index in [4.69, 9.17) is 11.6 Å². The molecule has 0 spiro atoms. The molecule has 4 nitrogen and oxygen atoms in total. The largest absolute Gasteiger partial charge is 0.363 e. The molecule has 0 saturated heterocycles. The summed E-state index contributed by atoms with van der Waals surface area (Å²) in [6, 6.07) is 1.34. The zero-order valence-electron chi connectivity index (χ0n) is 5.83. The summed E-state index contributed by atoms with van der Waals surface area (Å²) in [6.07, 6.45) is 1.27. The van der Waals surface area contributed by atoms with Crippen LogP contribution < -0.4 is 0 Å². The van der Waals surface area contributed by atoms with Gasteiger partial charge in [0.25, 0.3) is 0 Å². The molecular weight excluding hydrogens is 247 g/mol. The summed E-state index contributed by atoms with van der Waals surface area (Å²) in [5, 5.41) is 11.2. The Labute approximate surface area is 81.8 Å². The Balaban J connectivity index is 3.13. The van der Waals surface area contributed by atoms with Gasteiger partial charge in [0.15, 0.2) is 6.20 Å². The summed E-state index contributed by atoms with van der Waals surface area (Å²) in [6.45, 7) is 0.